The summed E-state index contributed by atoms with van der Waals surface area (Å²) in [4.78, 5) is 12.9. The van der Waals surface area contributed by atoms with Crippen LogP contribution in [0.4, 0.5) is 39.8 Å². The summed E-state index contributed by atoms with van der Waals surface area (Å²) < 4.78 is 102. The van der Waals surface area contributed by atoms with Gasteiger partial charge >= 0.3 is 5.97 Å². The van der Waals surface area contributed by atoms with Gasteiger partial charge in [0, 0.05) is 32.3 Å². The first kappa shape index (κ1) is 41.7. The summed E-state index contributed by atoms with van der Waals surface area (Å²) >= 11 is 0. The quantitative estimate of drug-likeness (QED) is 0.0323. The molecule has 0 saturated carbocycles. The molecule has 6 N–H and O–H groups in total. The highest BCUT2D eigenvalue weighted by Gasteiger charge is 2.20. The lowest BCUT2D eigenvalue weighted by Gasteiger charge is -2.09. The zero-order chi connectivity index (χ0) is 43.9. The Morgan fingerprint density at radius 3 is 1.31 bits per heavy atom. The van der Waals surface area contributed by atoms with Crippen molar-refractivity contribution in [3.8, 4) is 5.75 Å². The monoisotopic (exact) mass is 883 g/mol. The van der Waals surface area contributed by atoms with Gasteiger partial charge in [0.1, 0.15) is 10.6 Å². The molecule has 0 aliphatic carbocycles. The van der Waals surface area contributed by atoms with Crippen molar-refractivity contribution in [2.75, 3.05) is 0 Å². The maximum absolute atomic E-state index is 12.2. The lowest BCUT2D eigenvalue weighted by Crippen LogP contribution is -2.10. The van der Waals surface area contributed by atoms with Gasteiger partial charge in [0.25, 0.3) is 36.3 Å². The van der Waals surface area contributed by atoms with Gasteiger partial charge in [-0.1, -0.05) is 36.4 Å². The number of nitrogens with zero attached hydrogens (tertiary/aromatic N) is 7. The summed E-state index contributed by atoms with van der Waals surface area (Å²) in [5.74, 6) is -3.19. The minimum absolute atomic E-state index is 0.0299. The van der Waals surface area contributed by atoms with Crippen molar-refractivity contribution in [1.82, 2.24) is 0 Å². The normalized spacial score (nSPS) is 13.1. The number of hydrogen-bond donors (Lipinski definition) is 6. The van der Waals surface area contributed by atoms with Crippen molar-refractivity contribution in [3.05, 3.63) is 115 Å². The van der Waals surface area contributed by atoms with Crippen LogP contribution in [0.5, 0.6) is 5.75 Å². The van der Waals surface area contributed by atoms with Gasteiger partial charge in [-0.25, -0.2) is 9.79 Å². The summed E-state index contributed by atoms with van der Waals surface area (Å²) in [5.41, 5.74) is 0.396. The smallest absolute Gasteiger partial charge is 0.391 e. The highest BCUT2D eigenvalue weighted by atomic mass is 32.2. The first-order valence-corrected chi connectivity index (χ1v) is 21.3. The third-order valence-corrected chi connectivity index (χ3v) is 11.4. The molecule has 0 aliphatic rings. The van der Waals surface area contributed by atoms with Gasteiger partial charge in [0.15, 0.2) is 5.75 Å². The molecule has 61 heavy (non-hydrogen) atoms. The van der Waals surface area contributed by atoms with E-state index in [2.05, 4.69) is 35.7 Å². The molecular weight excluding hydrogens is 859 g/mol. The number of aliphatic imine (C=N–C) groups is 1. The highest BCUT2D eigenvalue weighted by Crippen LogP contribution is 2.42. The number of aliphatic hydroxyl groups is 1. The van der Waals surface area contributed by atoms with E-state index in [4.69, 9.17) is 5.11 Å². The van der Waals surface area contributed by atoms with Gasteiger partial charge in [0.2, 0.25) is 0 Å². The third-order valence-electron chi connectivity index (χ3n) is 8.80. The molecule has 308 valence electrons. The van der Waals surface area contributed by atoms with Crippen molar-refractivity contribution >= 4 is 114 Å². The molecule has 0 unspecified atom stereocenters. The third kappa shape index (κ3) is 8.96. The van der Waals surface area contributed by atoms with Crippen molar-refractivity contribution in [2.45, 2.75) is 14.7 Å². The number of aliphatic carboxylic acids is 1. The Labute approximate surface area is 343 Å². The Balaban J connectivity index is 1.30. The number of phenols is 1. The fraction of sp³-hybridized carbons (Fsp3) is 0. The molecule has 0 spiro atoms. The molecule has 0 heterocycles. The predicted molar refractivity (Wildman–Crippen MR) is 219 cm³/mol. The predicted octanol–water partition coefficient (Wildman–Crippen LogP) is 9.51. The number of azo groups is 3. The average Bonchev–Trinajstić information content (AvgIpc) is 3.21. The summed E-state index contributed by atoms with van der Waals surface area (Å²) in [6.45, 7) is 0. The zero-order valence-corrected chi connectivity index (χ0v) is 32.8. The van der Waals surface area contributed by atoms with E-state index in [0.29, 0.717) is 0 Å². The van der Waals surface area contributed by atoms with Crippen LogP contribution in [-0.2, 0) is 35.1 Å². The Morgan fingerprint density at radius 1 is 0.426 bits per heavy atom. The van der Waals surface area contributed by atoms with Crippen LogP contribution in [0.2, 0.25) is 0 Å². The van der Waals surface area contributed by atoms with Crippen LogP contribution in [-0.4, -0.2) is 66.1 Å². The van der Waals surface area contributed by atoms with E-state index in [0.717, 1.165) is 30.3 Å². The van der Waals surface area contributed by atoms with Crippen molar-refractivity contribution in [3.63, 3.8) is 0 Å². The van der Waals surface area contributed by atoms with E-state index >= 15 is 0 Å². The van der Waals surface area contributed by atoms with Gasteiger partial charge < -0.3 is 15.3 Å². The molecule has 7 rings (SSSR count). The molecule has 0 fully saturated rings. The standard InChI is InChI=1S/C38H25N7O13S3/c46-36-27-4-2-1-3-26(27)35(61(56,57)58)19-34(36)45-43-31-14-16-33(29-18-23(60(53,54)55)10-12-25(29)31)44-42-30-13-15-32(28-17-22(59(50,51)52)9-11-24(28)30)41-40-21-7-5-20(6-8-21)39-37(47)38(48)49/h1-19,46H,(H,39,47)(H,48,49)(H,50,51,52)(H,53,54,55)(H,56,57,58). The van der Waals surface area contributed by atoms with Crippen molar-refractivity contribution in [1.29, 1.82) is 0 Å². The van der Waals surface area contributed by atoms with Crippen molar-refractivity contribution < 1.29 is 59.0 Å². The zero-order valence-electron chi connectivity index (χ0n) is 30.4. The molecule has 20 nitrogen and oxygen atoms in total. The van der Waals surface area contributed by atoms with Crippen LogP contribution < -0.4 is 0 Å². The Bertz CT molecular complexity index is 3450. The summed E-state index contributed by atoms with van der Waals surface area (Å²) in [6, 6.07) is 25.0. The SMILES string of the molecule is O=C(O)C(O)=Nc1ccc(N=Nc2ccc(N=Nc3ccc(N=Nc4cc(S(=O)(=O)O)c5ccccc5c4O)c4ccc(S(=O)(=O)O)cc34)c3ccc(S(=O)(=O)O)cc23)cc1. The first-order valence-electron chi connectivity index (χ1n) is 16.9. The molecule has 0 bridgehead atoms. The number of aromatic hydroxyl groups is 1. The summed E-state index contributed by atoms with van der Waals surface area (Å²) in [5, 5.41) is 55.1. The average molecular weight is 884 g/mol. The van der Waals surface area contributed by atoms with E-state index in [1.165, 1.54) is 84.9 Å². The fourth-order valence-corrected chi connectivity index (χ4v) is 7.69. The summed E-state index contributed by atoms with van der Waals surface area (Å²) in [6.07, 6.45) is 0. The Hall–Kier alpha value is -7.41. The molecule has 23 heteroatoms. The van der Waals surface area contributed by atoms with E-state index in [9.17, 15) is 53.9 Å². The molecule has 7 aromatic carbocycles. The van der Waals surface area contributed by atoms with Crippen LogP contribution in [0.15, 0.2) is 166 Å². The minimum Gasteiger partial charge on any atom is -0.505 e. The van der Waals surface area contributed by atoms with Crippen LogP contribution >= 0.6 is 0 Å². The lowest BCUT2D eigenvalue weighted by molar-refractivity contribution is -0.130. The largest absolute Gasteiger partial charge is 0.505 e. The van der Waals surface area contributed by atoms with Gasteiger partial charge in [-0.2, -0.15) is 30.4 Å². The van der Waals surface area contributed by atoms with Gasteiger partial charge in [0.05, 0.1) is 43.9 Å². The highest BCUT2D eigenvalue weighted by molar-refractivity contribution is 7.86. The molecule has 0 aromatic heterocycles. The number of aliphatic hydroxyl groups excluding tert-OH is 1. The second kappa shape index (κ2) is 16.0. The number of fused-ring (bicyclic) bond motifs is 3. The number of rotatable bonds is 10. The topological polar surface area (TPSA) is 327 Å². The maximum Gasteiger partial charge on any atom is 0.391 e. The molecule has 7 aromatic rings. The number of carboxylic acids is 1. The van der Waals surface area contributed by atoms with Crippen LogP contribution in [0.3, 0.4) is 0 Å². The Morgan fingerprint density at radius 2 is 0.852 bits per heavy atom. The number of benzene rings is 7. The minimum atomic E-state index is -4.77. The Kier molecular flexibility index (Phi) is 10.9. The number of hydrogen-bond acceptors (Lipinski definition) is 15. The van der Waals surface area contributed by atoms with E-state index in [1.807, 2.05) is 0 Å². The van der Waals surface area contributed by atoms with Gasteiger partial charge in [-0.3, -0.25) is 13.7 Å². The molecule has 0 amide bonds. The first-order chi connectivity index (χ1) is 28.8. The van der Waals surface area contributed by atoms with Crippen LogP contribution in [0.1, 0.15) is 0 Å². The molecule has 0 atom stereocenters. The number of carboxylic acid groups (broad SMARTS) is 1. The number of phenolic OH excluding ortho intramolecular Hbond substituents is 1. The van der Waals surface area contributed by atoms with E-state index in [1.54, 1.807) is 0 Å². The molecule has 0 saturated heterocycles. The summed E-state index contributed by atoms with van der Waals surface area (Å²) in [7, 11) is -14.2. The number of carbonyl (C=O) groups is 1. The van der Waals surface area contributed by atoms with Gasteiger partial charge in [-0.05, 0) is 78.9 Å². The van der Waals surface area contributed by atoms with E-state index in [-0.39, 0.29) is 72.1 Å². The second-order valence-electron chi connectivity index (χ2n) is 12.7. The van der Waals surface area contributed by atoms with Gasteiger partial charge in [-0.15, -0.1) is 25.6 Å². The fourth-order valence-electron chi connectivity index (χ4n) is 5.96. The van der Waals surface area contributed by atoms with Crippen LogP contribution in [0, 0.1) is 0 Å². The maximum atomic E-state index is 12.2. The lowest BCUT2D eigenvalue weighted by atomic mass is 10.1. The van der Waals surface area contributed by atoms with Crippen LogP contribution in [0.25, 0.3) is 32.3 Å². The molecule has 0 radical (unpaired) electrons. The second-order valence-corrected chi connectivity index (χ2v) is 16.9. The van der Waals surface area contributed by atoms with E-state index < -0.39 is 62.7 Å². The molecule has 0 aliphatic heterocycles. The van der Waals surface area contributed by atoms with Crippen molar-refractivity contribution in [2.24, 2.45) is 35.7 Å². The molecular formula is C38H25N7O13S3.